The highest BCUT2D eigenvalue weighted by Crippen LogP contribution is 2.43. The smallest absolute Gasteiger partial charge is 0.494 e. The SMILES string of the molecule is O=C(NCc1ccc(OC(F)(F)F)cc1)[C@]1(C/C=C/c2ccccc2)N=C(c2ccc(OCCCO)cc2)O[C@@H]1c1ccccc1. The van der Waals surface area contributed by atoms with Gasteiger partial charge in [0.1, 0.15) is 11.5 Å². The van der Waals surface area contributed by atoms with Gasteiger partial charge in [-0.1, -0.05) is 84.9 Å². The van der Waals surface area contributed by atoms with E-state index in [1.165, 1.54) is 24.3 Å². The van der Waals surface area contributed by atoms with Gasteiger partial charge in [0.2, 0.25) is 5.90 Å². The molecule has 0 saturated heterocycles. The van der Waals surface area contributed by atoms with Crippen molar-refractivity contribution in [3.8, 4) is 11.5 Å². The molecule has 0 bridgehead atoms. The topological polar surface area (TPSA) is 89.4 Å². The molecule has 0 saturated carbocycles. The van der Waals surface area contributed by atoms with Crippen LogP contribution in [0.4, 0.5) is 13.2 Å². The van der Waals surface area contributed by atoms with Crippen molar-refractivity contribution in [3.05, 3.63) is 138 Å². The first-order valence-corrected chi connectivity index (χ1v) is 14.8. The Morgan fingerprint density at radius 1 is 0.913 bits per heavy atom. The summed E-state index contributed by atoms with van der Waals surface area (Å²) in [5.74, 6) is 0.149. The summed E-state index contributed by atoms with van der Waals surface area (Å²) < 4.78 is 53.9. The average Bonchev–Trinajstić information content (AvgIpc) is 3.46. The summed E-state index contributed by atoms with van der Waals surface area (Å²) in [6.45, 7) is 0.449. The largest absolute Gasteiger partial charge is 0.573 e. The molecule has 1 amide bonds. The van der Waals surface area contributed by atoms with E-state index in [4.69, 9.17) is 19.6 Å². The summed E-state index contributed by atoms with van der Waals surface area (Å²) in [5.41, 5.74) is 1.52. The Morgan fingerprint density at radius 3 is 2.22 bits per heavy atom. The Hall–Kier alpha value is -5.09. The molecule has 4 aromatic carbocycles. The molecule has 10 heteroatoms. The summed E-state index contributed by atoms with van der Waals surface area (Å²) in [6.07, 6.45) is -1.07. The van der Waals surface area contributed by atoms with Crippen LogP contribution in [0.2, 0.25) is 0 Å². The number of carbonyl (C=O) groups is 1. The second kappa shape index (κ2) is 14.8. The van der Waals surface area contributed by atoms with Crippen molar-refractivity contribution >= 4 is 17.9 Å². The van der Waals surface area contributed by atoms with Crippen molar-refractivity contribution in [1.29, 1.82) is 0 Å². The third kappa shape index (κ3) is 8.33. The van der Waals surface area contributed by atoms with Crippen LogP contribution in [0.15, 0.2) is 120 Å². The molecule has 0 aromatic heterocycles. The van der Waals surface area contributed by atoms with Gasteiger partial charge >= 0.3 is 6.36 Å². The molecule has 0 spiro atoms. The van der Waals surface area contributed by atoms with Crippen LogP contribution in [0.3, 0.4) is 0 Å². The molecule has 7 nitrogen and oxygen atoms in total. The van der Waals surface area contributed by atoms with E-state index >= 15 is 0 Å². The van der Waals surface area contributed by atoms with Crippen LogP contribution < -0.4 is 14.8 Å². The molecule has 2 N–H and O–H groups in total. The number of carbonyl (C=O) groups excluding carboxylic acids is 1. The van der Waals surface area contributed by atoms with Gasteiger partial charge in [-0.3, -0.25) is 4.79 Å². The summed E-state index contributed by atoms with van der Waals surface area (Å²) >= 11 is 0. The fraction of sp³-hybridized carbons (Fsp3) is 0.222. The quantitative estimate of drug-likeness (QED) is 0.155. The lowest BCUT2D eigenvalue weighted by Gasteiger charge is -2.30. The highest BCUT2D eigenvalue weighted by Gasteiger charge is 2.52. The van der Waals surface area contributed by atoms with Crippen molar-refractivity contribution in [2.45, 2.75) is 37.4 Å². The lowest BCUT2D eigenvalue weighted by atomic mass is 9.84. The molecule has 238 valence electrons. The fourth-order valence-corrected chi connectivity index (χ4v) is 5.03. The van der Waals surface area contributed by atoms with Gasteiger partial charge in [0.05, 0.1) is 6.61 Å². The molecule has 4 aromatic rings. The number of alkyl halides is 3. The van der Waals surface area contributed by atoms with E-state index in [0.29, 0.717) is 29.9 Å². The first-order valence-electron chi connectivity index (χ1n) is 14.8. The van der Waals surface area contributed by atoms with E-state index < -0.39 is 23.9 Å². The number of benzene rings is 4. The van der Waals surface area contributed by atoms with Crippen LogP contribution in [0, 0.1) is 0 Å². The van der Waals surface area contributed by atoms with Crippen molar-refractivity contribution in [1.82, 2.24) is 5.32 Å². The van der Waals surface area contributed by atoms with Crippen molar-refractivity contribution < 1.29 is 37.3 Å². The third-order valence-electron chi connectivity index (χ3n) is 7.28. The number of hydrogen-bond acceptors (Lipinski definition) is 6. The number of aliphatic hydroxyl groups is 1. The first-order chi connectivity index (χ1) is 22.3. The van der Waals surface area contributed by atoms with Gasteiger partial charge in [-0.05, 0) is 53.1 Å². The number of halogens is 3. The van der Waals surface area contributed by atoms with Gasteiger partial charge in [0, 0.05) is 31.6 Å². The van der Waals surface area contributed by atoms with E-state index in [9.17, 15) is 18.0 Å². The van der Waals surface area contributed by atoms with Gasteiger partial charge in [0.15, 0.2) is 11.6 Å². The Balaban J connectivity index is 1.46. The zero-order valence-corrected chi connectivity index (χ0v) is 24.8. The minimum atomic E-state index is -4.80. The number of nitrogens with zero attached hydrogens (tertiary/aromatic N) is 1. The standard InChI is InChI=1S/C36H33F3N2O5/c37-36(38,39)46-31-18-14-27(15-19-31)25-40-34(43)35(22-7-11-26-9-3-1-4-10-26)32(28-12-5-2-6-13-28)45-33(41-35)29-16-20-30(21-17-29)44-24-8-23-42/h1-7,9-21,32,42H,8,22-25H2,(H,40,43)/b11-7+/t32-,35-/m1/s1. The van der Waals surface area contributed by atoms with Crippen LogP contribution in [0.1, 0.15) is 41.2 Å². The predicted molar refractivity (Wildman–Crippen MR) is 168 cm³/mol. The molecule has 2 atom stereocenters. The first kappa shape index (κ1) is 32.3. The van der Waals surface area contributed by atoms with Crippen molar-refractivity contribution in [2.75, 3.05) is 13.2 Å². The molecule has 46 heavy (non-hydrogen) atoms. The maximum absolute atomic E-state index is 14.3. The second-order valence-electron chi connectivity index (χ2n) is 10.6. The number of ether oxygens (including phenoxy) is 3. The van der Waals surface area contributed by atoms with E-state index in [0.717, 1.165) is 11.1 Å². The fourth-order valence-electron chi connectivity index (χ4n) is 5.03. The number of aliphatic hydroxyl groups excluding tert-OH is 1. The molecular weight excluding hydrogens is 597 g/mol. The molecule has 1 aliphatic heterocycles. The van der Waals surface area contributed by atoms with E-state index in [1.807, 2.05) is 72.8 Å². The van der Waals surface area contributed by atoms with Crippen molar-refractivity contribution in [3.63, 3.8) is 0 Å². The van der Waals surface area contributed by atoms with Crippen LogP contribution in [-0.4, -0.2) is 42.0 Å². The van der Waals surface area contributed by atoms with Crippen LogP contribution in [0.25, 0.3) is 6.08 Å². The summed E-state index contributed by atoms with van der Waals surface area (Å²) in [4.78, 5) is 19.2. The number of hydrogen-bond donors (Lipinski definition) is 2. The Morgan fingerprint density at radius 2 is 1.57 bits per heavy atom. The predicted octanol–water partition coefficient (Wildman–Crippen LogP) is 7.02. The summed E-state index contributed by atoms with van der Waals surface area (Å²) in [5, 5.41) is 12.0. The summed E-state index contributed by atoms with van der Waals surface area (Å²) in [6, 6.07) is 31.5. The molecule has 5 rings (SSSR count). The summed E-state index contributed by atoms with van der Waals surface area (Å²) in [7, 11) is 0. The van der Waals surface area contributed by atoms with Gasteiger partial charge < -0.3 is 24.6 Å². The third-order valence-corrected chi connectivity index (χ3v) is 7.28. The normalized spacial score (nSPS) is 17.7. The van der Waals surface area contributed by atoms with Gasteiger partial charge in [-0.25, -0.2) is 4.99 Å². The maximum Gasteiger partial charge on any atom is 0.573 e. The minimum Gasteiger partial charge on any atom is -0.494 e. The molecule has 0 aliphatic carbocycles. The lowest BCUT2D eigenvalue weighted by Crippen LogP contribution is -2.47. The number of aliphatic imine (C=N–C) groups is 1. The van der Waals surface area contributed by atoms with Crippen LogP contribution in [-0.2, 0) is 16.1 Å². The van der Waals surface area contributed by atoms with Crippen LogP contribution >= 0.6 is 0 Å². The number of rotatable bonds is 13. The molecule has 0 fully saturated rings. The van der Waals surface area contributed by atoms with Gasteiger partial charge in [-0.15, -0.1) is 13.2 Å². The van der Waals surface area contributed by atoms with E-state index in [-0.39, 0.29) is 31.2 Å². The highest BCUT2D eigenvalue weighted by molar-refractivity contribution is 6.01. The number of nitrogens with one attached hydrogen (secondary N) is 1. The Kier molecular flexibility index (Phi) is 10.4. The Labute approximate surface area is 265 Å². The highest BCUT2D eigenvalue weighted by atomic mass is 19.4. The molecule has 0 radical (unpaired) electrons. The average molecular weight is 631 g/mol. The lowest BCUT2D eigenvalue weighted by molar-refractivity contribution is -0.274. The van der Waals surface area contributed by atoms with Gasteiger partial charge in [-0.2, -0.15) is 0 Å². The Bertz CT molecular complexity index is 1630. The monoisotopic (exact) mass is 630 g/mol. The van der Waals surface area contributed by atoms with E-state index in [2.05, 4.69) is 10.1 Å². The van der Waals surface area contributed by atoms with Crippen LogP contribution in [0.5, 0.6) is 11.5 Å². The van der Waals surface area contributed by atoms with Crippen molar-refractivity contribution in [2.24, 2.45) is 4.99 Å². The molecular formula is C36H33F3N2O5. The maximum atomic E-state index is 14.3. The zero-order valence-electron chi connectivity index (χ0n) is 24.8. The minimum absolute atomic E-state index is 0.0320. The molecule has 1 aliphatic rings. The van der Waals surface area contributed by atoms with E-state index in [1.54, 1.807) is 24.3 Å². The molecule has 1 heterocycles. The number of amides is 1. The zero-order chi connectivity index (χ0) is 32.4. The second-order valence-corrected chi connectivity index (χ2v) is 10.6. The molecule has 0 unspecified atom stereocenters. The van der Waals surface area contributed by atoms with Gasteiger partial charge in [0.25, 0.3) is 5.91 Å².